The molecule has 140 valence electrons. The number of amides is 1. The Hall–Kier alpha value is -2.26. The van der Waals surface area contributed by atoms with Crippen LogP contribution in [0, 0.1) is 0 Å². The summed E-state index contributed by atoms with van der Waals surface area (Å²) < 4.78 is 36.3. The lowest BCUT2D eigenvalue weighted by Gasteiger charge is -2.23. The molecule has 0 aliphatic carbocycles. The molecule has 2 aromatic rings. The lowest BCUT2D eigenvalue weighted by Crippen LogP contribution is -2.37. The molecular formula is C17H19BrN2O5S. The lowest BCUT2D eigenvalue weighted by molar-refractivity contribution is -0.114. The predicted octanol–water partition coefficient (Wildman–Crippen LogP) is 2.87. The van der Waals surface area contributed by atoms with Gasteiger partial charge in [0.05, 0.1) is 31.9 Å². The Morgan fingerprint density at radius 1 is 1.15 bits per heavy atom. The number of carbonyl (C=O) groups excluding carboxylic acids is 1. The van der Waals surface area contributed by atoms with Gasteiger partial charge in [-0.3, -0.25) is 9.10 Å². The maximum absolute atomic E-state index is 12.5. The average Bonchev–Trinajstić information content (AvgIpc) is 2.59. The molecule has 0 unspecified atom stereocenters. The van der Waals surface area contributed by atoms with E-state index in [1.165, 1.54) is 14.2 Å². The molecule has 0 heterocycles. The standard InChI is InChI=1S/C17H19BrN2O5S/c1-24-12-8-9-16(25-2)14(10-12)19-17(21)11-20(26(3,22)23)15-7-5-4-6-13(15)18/h4-10H,11H2,1-3H3,(H,19,21). The number of benzene rings is 2. The molecule has 9 heteroatoms. The van der Waals surface area contributed by atoms with Gasteiger partial charge in [0.25, 0.3) is 0 Å². The fourth-order valence-corrected chi connectivity index (χ4v) is 3.75. The average molecular weight is 443 g/mol. The minimum absolute atomic E-state index is 0.378. The Morgan fingerprint density at radius 3 is 2.42 bits per heavy atom. The zero-order valence-corrected chi connectivity index (χ0v) is 16.9. The summed E-state index contributed by atoms with van der Waals surface area (Å²) in [5.41, 5.74) is 0.764. The van der Waals surface area contributed by atoms with Crippen molar-refractivity contribution in [2.45, 2.75) is 0 Å². The van der Waals surface area contributed by atoms with Crippen molar-refractivity contribution in [1.29, 1.82) is 0 Å². The van der Waals surface area contributed by atoms with Crippen LogP contribution < -0.4 is 19.1 Å². The SMILES string of the molecule is COc1ccc(OC)c(NC(=O)CN(c2ccccc2Br)S(C)(=O)=O)c1. The van der Waals surface area contributed by atoms with Crippen molar-refractivity contribution in [3.8, 4) is 11.5 Å². The van der Waals surface area contributed by atoms with Crippen molar-refractivity contribution in [2.75, 3.05) is 36.6 Å². The summed E-state index contributed by atoms with van der Waals surface area (Å²) in [5, 5.41) is 2.66. The third-order valence-corrected chi connectivity index (χ3v) is 5.29. The van der Waals surface area contributed by atoms with Crippen LogP contribution in [0.4, 0.5) is 11.4 Å². The molecule has 0 aliphatic heterocycles. The van der Waals surface area contributed by atoms with E-state index in [2.05, 4.69) is 21.2 Å². The molecule has 7 nitrogen and oxygen atoms in total. The van der Waals surface area contributed by atoms with E-state index in [1.54, 1.807) is 42.5 Å². The summed E-state index contributed by atoms with van der Waals surface area (Å²) in [5.74, 6) is 0.454. The van der Waals surface area contributed by atoms with Crippen molar-refractivity contribution in [3.63, 3.8) is 0 Å². The van der Waals surface area contributed by atoms with Gasteiger partial charge in [-0.1, -0.05) is 12.1 Å². The fraction of sp³-hybridized carbons (Fsp3) is 0.235. The number of hydrogen-bond acceptors (Lipinski definition) is 5. The molecule has 0 spiro atoms. The predicted molar refractivity (Wildman–Crippen MR) is 105 cm³/mol. The Morgan fingerprint density at radius 2 is 1.85 bits per heavy atom. The lowest BCUT2D eigenvalue weighted by atomic mass is 10.2. The number of ether oxygens (including phenoxy) is 2. The minimum Gasteiger partial charge on any atom is -0.497 e. The molecule has 0 saturated heterocycles. The number of carbonyl (C=O) groups is 1. The van der Waals surface area contributed by atoms with Crippen molar-refractivity contribution in [3.05, 3.63) is 46.9 Å². The molecular weight excluding hydrogens is 424 g/mol. The van der Waals surface area contributed by atoms with Gasteiger partial charge in [0.1, 0.15) is 18.0 Å². The monoisotopic (exact) mass is 442 g/mol. The number of methoxy groups -OCH3 is 2. The number of nitrogens with one attached hydrogen (secondary N) is 1. The summed E-state index contributed by atoms with van der Waals surface area (Å²) in [4.78, 5) is 12.5. The number of sulfonamides is 1. The third kappa shape index (κ3) is 4.89. The van der Waals surface area contributed by atoms with Gasteiger partial charge in [-0.25, -0.2) is 8.42 Å². The van der Waals surface area contributed by atoms with Crippen LogP contribution in [-0.4, -0.2) is 41.3 Å². The number of anilines is 2. The van der Waals surface area contributed by atoms with Crippen LogP contribution in [0.15, 0.2) is 46.9 Å². The first-order valence-corrected chi connectivity index (χ1v) is 10.1. The number of hydrogen-bond donors (Lipinski definition) is 1. The Kier molecular flexibility index (Phi) is 6.49. The number of rotatable bonds is 7. The van der Waals surface area contributed by atoms with Crippen molar-refractivity contribution >= 4 is 43.2 Å². The second kappa shape index (κ2) is 8.41. The van der Waals surface area contributed by atoms with Crippen molar-refractivity contribution in [2.24, 2.45) is 0 Å². The highest BCUT2D eigenvalue weighted by molar-refractivity contribution is 9.10. The first-order valence-electron chi connectivity index (χ1n) is 7.50. The summed E-state index contributed by atoms with van der Waals surface area (Å²) in [6.45, 7) is -0.387. The van der Waals surface area contributed by atoms with Gasteiger partial charge in [-0.05, 0) is 40.2 Å². The quantitative estimate of drug-likeness (QED) is 0.712. The largest absolute Gasteiger partial charge is 0.497 e. The molecule has 0 radical (unpaired) electrons. The van der Waals surface area contributed by atoms with Crippen LogP contribution in [0.3, 0.4) is 0 Å². The molecule has 1 N–H and O–H groups in total. The smallest absolute Gasteiger partial charge is 0.245 e. The van der Waals surface area contributed by atoms with E-state index in [0.717, 1.165) is 10.6 Å². The summed E-state index contributed by atoms with van der Waals surface area (Å²) in [7, 11) is -0.691. The molecule has 0 aromatic heterocycles. The van der Waals surface area contributed by atoms with Gasteiger partial charge in [0.2, 0.25) is 15.9 Å². The molecule has 2 aromatic carbocycles. The van der Waals surface area contributed by atoms with Crippen molar-refractivity contribution in [1.82, 2.24) is 0 Å². The van der Waals surface area contributed by atoms with Crippen LogP contribution in [0.1, 0.15) is 0 Å². The second-order valence-corrected chi connectivity index (χ2v) is 8.10. The summed E-state index contributed by atoms with van der Waals surface area (Å²) in [6, 6.07) is 11.7. The molecule has 26 heavy (non-hydrogen) atoms. The molecule has 0 aliphatic rings. The maximum Gasteiger partial charge on any atom is 0.245 e. The summed E-state index contributed by atoms with van der Waals surface area (Å²) >= 11 is 3.31. The molecule has 0 bridgehead atoms. The van der Waals surface area contributed by atoms with Gasteiger partial charge in [-0.2, -0.15) is 0 Å². The van der Waals surface area contributed by atoms with E-state index in [1.807, 2.05) is 0 Å². The number of halogens is 1. The maximum atomic E-state index is 12.5. The topological polar surface area (TPSA) is 84.9 Å². The van der Waals surface area contributed by atoms with Gasteiger partial charge in [-0.15, -0.1) is 0 Å². The Bertz CT molecular complexity index is 902. The third-order valence-electron chi connectivity index (χ3n) is 3.49. The number of para-hydroxylation sites is 1. The van der Waals surface area contributed by atoms with Gasteiger partial charge in [0, 0.05) is 10.5 Å². The molecule has 0 atom stereocenters. The zero-order chi connectivity index (χ0) is 19.3. The molecule has 0 fully saturated rings. The zero-order valence-electron chi connectivity index (χ0n) is 14.5. The Balaban J connectivity index is 2.28. The molecule has 0 saturated carbocycles. The highest BCUT2D eigenvalue weighted by Crippen LogP contribution is 2.30. The summed E-state index contributed by atoms with van der Waals surface area (Å²) in [6.07, 6.45) is 1.05. The van der Waals surface area contributed by atoms with Crippen LogP contribution >= 0.6 is 15.9 Å². The van der Waals surface area contributed by atoms with Crippen molar-refractivity contribution < 1.29 is 22.7 Å². The highest BCUT2D eigenvalue weighted by atomic mass is 79.9. The highest BCUT2D eigenvalue weighted by Gasteiger charge is 2.23. The van der Waals surface area contributed by atoms with E-state index >= 15 is 0 Å². The van der Waals surface area contributed by atoms with Gasteiger partial charge in [0.15, 0.2) is 0 Å². The van der Waals surface area contributed by atoms with E-state index < -0.39 is 15.9 Å². The van der Waals surface area contributed by atoms with Crippen LogP contribution in [0.2, 0.25) is 0 Å². The van der Waals surface area contributed by atoms with Crippen LogP contribution in [0.5, 0.6) is 11.5 Å². The normalized spacial score (nSPS) is 10.9. The van der Waals surface area contributed by atoms with Gasteiger partial charge < -0.3 is 14.8 Å². The molecule has 2 rings (SSSR count). The first kappa shape index (κ1) is 20.1. The fourth-order valence-electron chi connectivity index (χ4n) is 2.27. The van der Waals surface area contributed by atoms with Crippen LogP contribution in [-0.2, 0) is 14.8 Å². The minimum atomic E-state index is -3.67. The second-order valence-electron chi connectivity index (χ2n) is 5.34. The molecule has 1 amide bonds. The van der Waals surface area contributed by atoms with E-state index in [-0.39, 0.29) is 6.54 Å². The number of nitrogens with zero attached hydrogens (tertiary/aromatic N) is 1. The van der Waals surface area contributed by atoms with E-state index in [4.69, 9.17) is 9.47 Å². The Labute approximate surface area is 161 Å². The van der Waals surface area contributed by atoms with Gasteiger partial charge >= 0.3 is 0 Å². The first-order chi connectivity index (χ1) is 12.3. The van der Waals surface area contributed by atoms with E-state index in [0.29, 0.717) is 27.3 Å². The van der Waals surface area contributed by atoms with E-state index in [9.17, 15) is 13.2 Å². The van der Waals surface area contributed by atoms with Crippen LogP contribution in [0.25, 0.3) is 0 Å².